The molecule has 0 amide bonds. The Bertz CT molecular complexity index is 273. The predicted octanol–water partition coefficient (Wildman–Crippen LogP) is 3.17. The zero-order valence-electron chi connectivity index (χ0n) is 7.80. The van der Waals surface area contributed by atoms with Crippen molar-refractivity contribution in [2.45, 2.75) is 12.2 Å². The first-order valence-electron chi connectivity index (χ1n) is 4.45. The van der Waals surface area contributed by atoms with Crippen LogP contribution in [0.25, 0.3) is 0 Å². The van der Waals surface area contributed by atoms with Gasteiger partial charge in [-0.15, -0.1) is 0 Å². The minimum absolute atomic E-state index is 0.186. The molecule has 0 spiro atoms. The zero-order valence-corrected chi connectivity index (χ0v) is 10.2. The Hall–Kier alpha value is -0.0600. The quantitative estimate of drug-likeness (QED) is 0.837. The average Bonchev–Trinajstić information content (AvgIpc) is 2.11. The Balaban J connectivity index is 2.42. The molecule has 0 radical (unpaired) electrons. The van der Waals surface area contributed by atoms with Crippen LogP contribution in [0.2, 0.25) is 0 Å². The molecule has 0 heterocycles. The van der Waals surface area contributed by atoms with Crippen molar-refractivity contribution in [1.82, 2.24) is 0 Å². The molecule has 0 aliphatic heterocycles. The lowest BCUT2D eigenvalue weighted by Crippen LogP contribution is -1.99. The maximum absolute atomic E-state index is 12.9. The van der Waals surface area contributed by atoms with E-state index in [-0.39, 0.29) is 5.82 Å². The van der Waals surface area contributed by atoms with Crippen LogP contribution < -0.4 is 5.73 Å². The number of halogens is 2. The summed E-state index contributed by atoms with van der Waals surface area (Å²) < 4.78 is 13.7. The molecule has 1 rings (SSSR count). The molecule has 0 fully saturated rings. The van der Waals surface area contributed by atoms with Crippen LogP contribution in [0.5, 0.6) is 0 Å². The molecule has 14 heavy (non-hydrogen) atoms. The first kappa shape index (κ1) is 12.0. The van der Waals surface area contributed by atoms with Gasteiger partial charge >= 0.3 is 0 Å². The molecule has 0 aliphatic carbocycles. The van der Waals surface area contributed by atoms with E-state index < -0.39 is 0 Å². The van der Waals surface area contributed by atoms with E-state index in [0.29, 0.717) is 0 Å². The second-order valence-electron chi connectivity index (χ2n) is 2.97. The van der Waals surface area contributed by atoms with Crippen LogP contribution in [0.3, 0.4) is 0 Å². The van der Waals surface area contributed by atoms with Crippen molar-refractivity contribution < 1.29 is 4.39 Å². The van der Waals surface area contributed by atoms with Gasteiger partial charge in [-0.3, -0.25) is 0 Å². The van der Waals surface area contributed by atoms with Gasteiger partial charge in [0.05, 0.1) is 0 Å². The summed E-state index contributed by atoms with van der Waals surface area (Å²) in [5, 5.41) is 0. The Morgan fingerprint density at radius 2 is 2.14 bits per heavy atom. The minimum Gasteiger partial charge on any atom is -0.330 e. The van der Waals surface area contributed by atoms with Crippen LogP contribution in [0.4, 0.5) is 4.39 Å². The van der Waals surface area contributed by atoms with Crippen molar-refractivity contribution in [3.05, 3.63) is 34.1 Å². The number of nitrogens with two attached hydrogens (primary N) is 1. The van der Waals surface area contributed by atoms with E-state index in [1.165, 1.54) is 6.07 Å². The summed E-state index contributed by atoms with van der Waals surface area (Å²) in [7, 11) is 0. The average molecular weight is 278 g/mol. The van der Waals surface area contributed by atoms with Crippen LogP contribution >= 0.6 is 27.7 Å². The standard InChI is InChI=1S/C10H13BrFNS/c11-9-4-8(5-10(12)6-9)7-14-3-1-2-13/h4-6H,1-3,7,13H2. The number of thioether (sulfide) groups is 1. The summed E-state index contributed by atoms with van der Waals surface area (Å²) in [5.41, 5.74) is 6.39. The molecule has 1 aromatic rings. The fourth-order valence-electron chi connectivity index (χ4n) is 1.07. The molecule has 78 valence electrons. The van der Waals surface area contributed by atoms with Crippen molar-refractivity contribution in [3.63, 3.8) is 0 Å². The van der Waals surface area contributed by atoms with E-state index in [9.17, 15) is 4.39 Å². The largest absolute Gasteiger partial charge is 0.330 e. The molecule has 4 heteroatoms. The van der Waals surface area contributed by atoms with Crippen LogP contribution in [-0.2, 0) is 5.75 Å². The van der Waals surface area contributed by atoms with Crippen molar-refractivity contribution in [3.8, 4) is 0 Å². The van der Waals surface area contributed by atoms with Crippen LogP contribution in [0.1, 0.15) is 12.0 Å². The van der Waals surface area contributed by atoms with Gasteiger partial charge in [-0.2, -0.15) is 11.8 Å². The number of hydrogen-bond donors (Lipinski definition) is 1. The second kappa shape index (κ2) is 6.43. The third-order valence-electron chi connectivity index (χ3n) is 1.68. The smallest absolute Gasteiger partial charge is 0.124 e. The molecule has 0 saturated heterocycles. The van der Waals surface area contributed by atoms with Gasteiger partial charge in [-0.1, -0.05) is 15.9 Å². The number of benzene rings is 1. The third kappa shape index (κ3) is 4.44. The van der Waals surface area contributed by atoms with E-state index in [4.69, 9.17) is 5.73 Å². The van der Waals surface area contributed by atoms with Crippen LogP contribution in [0, 0.1) is 5.82 Å². The molecule has 0 saturated carbocycles. The zero-order chi connectivity index (χ0) is 10.4. The lowest BCUT2D eigenvalue weighted by molar-refractivity contribution is 0.625. The normalized spacial score (nSPS) is 10.5. The van der Waals surface area contributed by atoms with Crippen molar-refractivity contribution >= 4 is 27.7 Å². The van der Waals surface area contributed by atoms with Crippen LogP contribution in [0.15, 0.2) is 22.7 Å². The lowest BCUT2D eigenvalue weighted by atomic mass is 10.2. The molecule has 0 aromatic heterocycles. The minimum atomic E-state index is -0.186. The van der Waals surface area contributed by atoms with Gasteiger partial charge in [0.25, 0.3) is 0 Å². The highest BCUT2D eigenvalue weighted by Crippen LogP contribution is 2.19. The summed E-state index contributed by atoms with van der Waals surface area (Å²) in [4.78, 5) is 0. The van der Waals surface area contributed by atoms with Crippen molar-refractivity contribution in [2.24, 2.45) is 5.73 Å². The summed E-state index contributed by atoms with van der Waals surface area (Å²) in [6.45, 7) is 0.722. The highest BCUT2D eigenvalue weighted by Gasteiger charge is 1.99. The SMILES string of the molecule is NCCCSCc1cc(F)cc(Br)c1. The first-order valence-corrected chi connectivity index (χ1v) is 6.40. The van der Waals surface area contributed by atoms with Gasteiger partial charge < -0.3 is 5.73 Å². The van der Waals surface area contributed by atoms with Gasteiger partial charge in [0.1, 0.15) is 5.82 Å². The van der Waals surface area contributed by atoms with E-state index in [1.54, 1.807) is 17.8 Å². The Morgan fingerprint density at radius 1 is 1.36 bits per heavy atom. The van der Waals surface area contributed by atoms with Gasteiger partial charge in [0.15, 0.2) is 0 Å². The summed E-state index contributed by atoms with van der Waals surface area (Å²) in [5.74, 6) is 1.69. The second-order valence-corrected chi connectivity index (χ2v) is 4.99. The molecule has 1 aromatic carbocycles. The fraction of sp³-hybridized carbons (Fsp3) is 0.400. The third-order valence-corrected chi connectivity index (χ3v) is 3.26. The molecule has 1 nitrogen and oxygen atoms in total. The maximum Gasteiger partial charge on any atom is 0.124 e. The molecule has 0 unspecified atom stereocenters. The number of hydrogen-bond acceptors (Lipinski definition) is 2. The Kier molecular flexibility index (Phi) is 5.52. The Morgan fingerprint density at radius 3 is 2.79 bits per heavy atom. The predicted molar refractivity (Wildman–Crippen MR) is 63.9 cm³/mol. The highest BCUT2D eigenvalue weighted by molar-refractivity contribution is 9.10. The molecule has 0 aliphatic rings. The van der Waals surface area contributed by atoms with Gasteiger partial charge in [0.2, 0.25) is 0 Å². The van der Waals surface area contributed by atoms with Crippen molar-refractivity contribution in [2.75, 3.05) is 12.3 Å². The van der Waals surface area contributed by atoms with Gasteiger partial charge in [0, 0.05) is 10.2 Å². The molecule has 2 N–H and O–H groups in total. The summed E-state index contributed by atoms with van der Waals surface area (Å²) in [6.07, 6.45) is 1.02. The fourth-order valence-corrected chi connectivity index (χ4v) is 2.50. The first-order chi connectivity index (χ1) is 6.72. The molecular weight excluding hydrogens is 265 g/mol. The van der Waals surface area contributed by atoms with E-state index in [2.05, 4.69) is 15.9 Å². The van der Waals surface area contributed by atoms with Crippen LogP contribution in [-0.4, -0.2) is 12.3 Å². The topological polar surface area (TPSA) is 26.0 Å². The molecular formula is C10H13BrFNS. The lowest BCUT2D eigenvalue weighted by Gasteiger charge is -2.02. The Labute approximate surface area is 96.4 Å². The molecule has 0 atom stereocenters. The monoisotopic (exact) mass is 277 g/mol. The summed E-state index contributed by atoms with van der Waals surface area (Å²) >= 11 is 5.05. The van der Waals surface area contributed by atoms with E-state index >= 15 is 0 Å². The molecule has 0 bridgehead atoms. The van der Waals surface area contributed by atoms with E-state index in [1.807, 2.05) is 6.07 Å². The van der Waals surface area contributed by atoms with Gasteiger partial charge in [-0.25, -0.2) is 4.39 Å². The maximum atomic E-state index is 12.9. The summed E-state index contributed by atoms with van der Waals surface area (Å²) in [6, 6.07) is 4.98. The highest BCUT2D eigenvalue weighted by atomic mass is 79.9. The van der Waals surface area contributed by atoms with Gasteiger partial charge in [-0.05, 0) is 42.5 Å². The number of rotatable bonds is 5. The van der Waals surface area contributed by atoms with Crippen molar-refractivity contribution in [1.29, 1.82) is 0 Å². The van der Waals surface area contributed by atoms with E-state index in [0.717, 1.165) is 34.5 Å².